The first-order valence-electron chi connectivity index (χ1n) is 4.07. The zero-order valence-corrected chi connectivity index (χ0v) is 8.64. The van der Waals surface area contributed by atoms with E-state index in [1.54, 1.807) is 12.3 Å². The molecule has 0 bridgehead atoms. The third-order valence-electron chi connectivity index (χ3n) is 1.93. The molecule has 1 aromatic carbocycles. The highest BCUT2D eigenvalue weighted by atomic mass is 32.1. The molecule has 0 saturated heterocycles. The van der Waals surface area contributed by atoms with Crippen LogP contribution in [0.25, 0.3) is 6.08 Å². The van der Waals surface area contributed by atoms with Crippen LogP contribution in [-0.4, -0.2) is 5.78 Å². The molecule has 0 N–H and O–H groups in total. The lowest BCUT2D eigenvalue weighted by Gasteiger charge is -2.01. The van der Waals surface area contributed by atoms with Crippen LogP contribution in [0, 0.1) is 6.92 Å². The quantitative estimate of drug-likeness (QED) is 0.563. The van der Waals surface area contributed by atoms with Crippen LogP contribution in [0.3, 0.4) is 0 Å². The molecule has 1 aromatic rings. The number of carbonyl (C=O) groups is 1. The summed E-state index contributed by atoms with van der Waals surface area (Å²) in [4.78, 5) is 11.0. The second kappa shape index (κ2) is 4.28. The third kappa shape index (κ3) is 2.46. The fourth-order valence-electron chi connectivity index (χ4n) is 1.16. The molecule has 0 saturated carbocycles. The number of thiol groups is 1. The summed E-state index contributed by atoms with van der Waals surface area (Å²) >= 11 is 4.00. The average Bonchev–Trinajstić information content (AvgIpc) is 2.08. The van der Waals surface area contributed by atoms with Crippen molar-refractivity contribution in [2.24, 2.45) is 0 Å². The Bertz CT molecular complexity index is 353. The molecule has 68 valence electrons. The maximum atomic E-state index is 11.0. The Hall–Kier alpha value is -1.02. The van der Waals surface area contributed by atoms with Crippen molar-refractivity contribution in [1.29, 1.82) is 0 Å². The van der Waals surface area contributed by atoms with Crippen molar-refractivity contribution in [1.82, 2.24) is 0 Å². The lowest BCUT2D eigenvalue weighted by Crippen LogP contribution is -1.93. The highest BCUT2D eigenvalue weighted by Gasteiger charge is 2.00. The summed E-state index contributed by atoms with van der Waals surface area (Å²) in [7, 11) is 0. The Balaban J connectivity index is 3.12. The zero-order chi connectivity index (χ0) is 9.84. The minimum Gasteiger partial charge on any atom is -0.295 e. The van der Waals surface area contributed by atoms with Crippen molar-refractivity contribution in [2.75, 3.05) is 0 Å². The number of hydrogen-bond donors (Lipinski definition) is 1. The van der Waals surface area contributed by atoms with Crippen LogP contribution in [0.5, 0.6) is 0 Å². The van der Waals surface area contributed by atoms with Gasteiger partial charge in [0.2, 0.25) is 0 Å². The lowest BCUT2D eigenvalue weighted by molar-refractivity contribution is 0.101. The van der Waals surface area contributed by atoms with Gasteiger partial charge in [0.05, 0.1) is 0 Å². The van der Waals surface area contributed by atoms with Crippen molar-refractivity contribution in [3.05, 3.63) is 40.3 Å². The van der Waals surface area contributed by atoms with Gasteiger partial charge in [-0.1, -0.05) is 12.1 Å². The van der Waals surface area contributed by atoms with Crippen LogP contribution >= 0.6 is 12.6 Å². The molecule has 0 atom stereocenters. The van der Waals surface area contributed by atoms with Crippen molar-refractivity contribution in [3.63, 3.8) is 0 Å². The van der Waals surface area contributed by atoms with Gasteiger partial charge in [-0.3, -0.25) is 4.79 Å². The molecule has 1 nitrogen and oxygen atoms in total. The summed E-state index contributed by atoms with van der Waals surface area (Å²) in [6.45, 7) is 3.55. The number of rotatable bonds is 2. The number of carbonyl (C=O) groups excluding carboxylic acids is 1. The summed E-state index contributed by atoms with van der Waals surface area (Å²) in [5.74, 6) is 0.101. The van der Waals surface area contributed by atoms with Crippen LogP contribution in [-0.2, 0) is 0 Å². The van der Waals surface area contributed by atoms with E-state index in [9.17, 15) is 4.79 Å². The second-order valence-corrected chi connectivity index (χ2v) is 3.24. The second-order valence-electron chi connectivity index (χ2n) is 2.94. The van der Waals surface area contributed by atoms with E-state index in [0.29, 0.717) is 0 Å². The molecule has 0 amide bonds. The smallest absolute Gasteiger partial charge is 0.159 e. The van der Waals surface area contributed by atoms with Crippen molar-refractivity contribution in [2.45, 2.75) is 13.8 Å². The van der Waals surface area contributed by atoms with Gasteiger partial charge in [-0.05, 0) is 42.5 Å². The Morgan fingerprint density at radius 3 is 2.62 bits per heavy atom. The van der Waals surface area contributed by atoms with Gasteiger partial charge >= 0.3 is 0 Å². The van der Waals surface area contributed by atoms with Gasteiger partial charge in [0, 0.05) is 5.56 Å². The summed E-state index contributed by atoms with van der Waals surface area (Å²) < 4.78 is 0. The van der Waals surface area contributed by atoms with E-state index in [2.05, 4.69) is 12.6 Å². The van der Waals surface area contributed by atoms with Gasteiger partial charge in [-0.2, -0.15) is 12.6 Å². The first-order chi connectivity index (χ1) is 6.15. The highest BCUT2D eigenvalue weighted by Crippen LogP contribution is 2.13. The van der Waals surface area contributed by atoms with Gasteiger partial charge in [0.25, 0.3) is 0 Å². The number of Topliss-reactive ketones (excluding diaryl/α,β-unsaturated/α-hetero) is 1. The van der Waals surface area contributed by atoms with Crippen LogP contribution in [0.2, 0.25) is 0 Å². The molecule has 0 heterocycles. The first kappa shape index (κ1) is 10.1. The predicted molar refractivity (Wildman–Crippen MR) is 59.2 cm³/mol. The molecular weight excluding hydrogens is 180 g/mol. The molecule has 0 radical (unpaired) electrons. The molecular formula is C11H12OS. The molecule has 0 unspecified atom stereocenters. The fraction of sp³-hybridized carbons (Fsp3) is 0.182. The molecule has 13 heavy (non-hydrogen) atoms. The van der Waals surface area contributed by atoms with E-state index in [0.717, 1.165) is 16.7 Å². The lowest BCUT2D eigenvalue weighted by atomic mass is 10.0. The Kier molecular flexibility index (Phi) is 3.32. The van der Waals surface area contributed by atoms with Crippen LogP contribution in [0.1, 0.15) is 28.4 Å². The van der Waals surface area contributed by atoms with Crippen LogP contribution in [0.15, 0.2) is 23.6 Å². The number of aryl methyl sites for hydroxylation is 1. The Labute approximate surface area is 83.9 Å². The van der Waals surface area contributed by atoms with Crippen molar-refractivity contribution < 1.29 is 4.79 Å². The van der Waals surface area contributed by atoms with Gasteiger partial charge in [0.15, 0.2) is 5.78 Å². The third-order valence-corrected chi connectivity index (χ3v) is 2.08. The summed E-state index contributed by atoms with van der Waals surface area (Å²) in [6.07, 6.45) is 1.91. The number of benzene rings is 1. The molecule has 2 heteroatoms. The molecule has 1 rings (SSSR count). The minimum atomic E-state index is 0.101. The van der Waals surface area contributed by atoms with E-state index in [4.69, 9.17) is 0 Å². The average molecular weight is 192 g/mol. The van der Waals surface area contributed by atoms with Gasteiger partial charge < -0.3 is 0 Å². The largest absolute Gasteiger partial charge is 0.295 e. The van der Waals surface area contributed by atoms with Crippen LogP contribution < -0.4 is 0 Å². The molecule has 0 aliphatic heterocycles. The molecule has 0 spiro atoms. The topological polar surface area (TPSA) is 17.1 Å². The van der Waals surface area contributed by atoms with E-state index in [-0.39, 0.29) is 5.78 Å². The Morgan fingerprint density at radius 1 is 1.46 bits per heavy atom. The fourth-order valence-corrected chi connectivity index (χ4v) is 1.32. The van der Waals surface area contributed by atoms with Gasteiger partial charge in [-0.15, -0.1) is 0 Å². The van der Waals surface area contributed by atoms with Gasteiger partial charge in [-0.25, -0.2) is 0 Å². The standard InChI is InChI=1S/C11H12OS/c1-8-7-11(9(2)12)4-3-10(8)5-6-13/h3-7,13H,1-2H3/b6-5+. The normalized spacial score (nSPS) is 10.7. The van der Waals surface area contributed by atoms with Crippen molar-refractivity contribution >= 4 is 24.5 Å². The number of ketones is 1. The first-order valence-corrected chi connectivity index (χ1v) is 4.59. The zero-order valence-electron chi connectivity index (χ0n) is 7.74. The van der Waals surface area contributed by atoms with E-state index >= 15 is 0 Å². The van der Waals surface area contributed by atoms with E-state index < -0.39 is 0 Å². The molecule has 0 aliphatic carbocycles. The minimum absolute atomic E-state index is 0.101. The van der Waals surface area contributed by atoms with Crippen molar-refractivity contribution in [3.8, 4) is 0 Å². The monoisotopic (exact) mass is 192 g/mol. The summed E-state index contributed by atoms with van der Waals surface area (Å²) in [5.41, 5.74) is 2.95. The maximum Gasteiger partial charge on any atom is 0.159 e. The maximum absolute atomic E-state index is 11.0. The predicted octanol–water partition coefficient (Wildman–Crippen LogP) is 3.10. The van der Waals surface area contributed by atoms with Gasteiger partial charge in [0.1, 0.15) is 0 Å². The van der Waals surface area contributed by atoms with E-state index in [1.165, 1.54) is 0 Å². The Morgan fingerprint density at radius 2 is 2.15 bits per heavy atom. The summed E-state index contributed by atoms with van der Waals surface area (Å²) in [5, 5.41) is 1.69. The van der Waals surface area contributed by atoms with E-state index in [1.807, 2.05) is 31.2 Å². The number of hydrogen-bond acceptors (Lipinski definition) is 2. The SMILES string of the molecule is CC(=O)c1ccc(/C=C/S)c(C)c1. The molecule has 0 aliphatic rings. The summed E-state index contributed by atoms with van der Waals surface area (Å²) in [6, 6.07) is 5.66. The molecule has 0 aromatic heterocycles. The molecule has 0 fully saturated rings. The highest BCUT2D eigenvalue weighted by molar-refractivity contribution is 7.83. The van der Waals surface area contributed by atoms with Crippen LogP contribution in [0.4, 0.5) is 0 Å².